The molecular formula is F4FeLiO16S4. The fraction of sp³-hybridized carbons (Fsp3) is 0. The maximum absolute atomic E-state index is 10.1. The SMILES string of the molecule is O=S(=O)([O-])OF.O=S(=O)([O-])OF.O=S(=O)([O-])OF.O=S(=O)([O-])OF.[Fe+3].[Li+]. The summed E-state index contributed by atoms with van der Waals surface area (Å²) in [5, 5.41) is 0. The van der Waals surface area contributed by atoms with Gasteiger partial charge in [0.15, 0.2) is 0 Å². The van der Waals surface area contributed by atoms with Gasteiger partial charge in [0.1, 0.15) is 0 Å². The Kier molecular flexibility index (Phi) is 29.3. The van der Waals surface area contributed by atoms with Crippen LogP contribution in [-0.2, 0) is 76.2 Å². The first-order valence-corrected chi connectivity index (χ1v) is 8.62. The molecule has 26 heavy (non-hydrogen) atoms. The van der Waals surface area contributed by atoms with Gasteiger partial charge in [0, 0.05) is 0 Å². The van der Waals surface area contributed by atoms with E-state index in [1.165, 1.54) is 0 Å². The molecule has 0 spiro atoms. The van der Waals surface area contributed by atoms with Gasteiger partial charge in [-0.1, -0.05) is 17.6 Å². The standard InChI is InChI=1S/4FHO4S.Fe.Li/c4*1-5-6(2,3)4;;/h4*(H,2,3,4);;/q;;;;+3;+1/p-4. The van der Waals surface area contributed by atoms with Crippen molar-refractivity contribution in [3.8, 4) is 0 Å². The van der Waals surface area contributed by atoms with Gasteiger partial charge in [0.25, 0.3) is 0 Å². The molecule has 0 bridgehead atoms. The van der Waals surface area contributed by atoms with Crippen molar-refractivity contribution in [2.24, 2.45) is 0 Å². The first-order chi connectivity index (χ1) is 10.2. The van der Waals surface area contributed by atoms with Gasteiger partial charge >= 0.3 is 35.9 Å². The zero-order chi connectivity index (χ0) is 20.8. The first kappa shape index (κ1) is 40.9. The Hall–Kier alpha value is 0.317. The number of hydrogen-bond donors (Lipinski definition) is 0. The van der Waals surface area contributed by atoms with Crippen LogP contribution in [0, 0.1) is 0 Å². The van der Waals surface area contributed by atoms with Crippen LogP contribution in [0.25, 0.3) is 0 Å². The summed E-state index contributed by atoms with van der Waals surface area (Å²) < 4.78 is 154. The summed E-state index contributed by atoms with van der Waals surface area (Å²) in [7, 11) is -20.3. The molecule has 157 valence electrons. The molecule has 0 aromatic rings. The second-order valence-corrected chi connectivity index (χ2v) is 5.65. The molecular weight excluding hydrogens is 523 g/mol. The largest absolute Gasteiger partial charge is 3.00 e. The molecule has 0 N–H and O–H groups in total. The molecule has 16 nitrogen and oxygen atoms in total. The molecule has 0 aliphatic carbocycles. The van der Waals surface area contributed by atoms with Crippen LogP contribution in [0.3, 0.4) is 0 Å². The van der Waals surface area contributed by atoms with Gasteiger partial charge < -0.3 is 18.2 Å². The van der Waals surface area contributed by atoms with E-state index in [0.717, 1.165) is 0 Å². The van der Waals surface area contributed by atoms with Gasteiger partial charge in [-0.25, -0.2) is 33.7 Å². The Balaban J connectivity index is -0.0000000500. The number of halogens is 4. The Morgan fingerprint density at radius 2 is 0.500 bits per heavy atom. The summed E-state index contributed by atoms with van der Waals surface area (Å²) in [6, 6.07) is 0. The van der Waals surface area contributed by atoms with Gasteiger partial charge in [-0.2, -0.15) is 0 Å². The molecule has 0 aromatic heterocycles. The summed E-state index contributed by atoms with van der Waals surface area (Å²) in [5.74, 6) is 0. The average Bonchev–Trinajstić information content (AvgIpc) is 2.37. The third kappa shape index (κ3) is 87.1. The minimum absolute atomic E-state index is 0. The van der Waals surface area contributed by atoms with Crippen molar-refractivity contribution in [1.82, 2.24) is 0 Å². The summed E-state index contributed by atoms with van der Waals surface area (Å²) in [4.78, 5) is 0. The van der Waals surface area contributed by atoms with Crippen molar-refractivity contribution in [2.75, 3.05) is 0 Å². The van der Waals surface area contributed by atoms with E-state index in [0.29, 0.717) is 0 Å². The molecule has 26 heteroatoms. The molecule has 0 unspecified atom stereocenters. The van der Waals surface area contributed by atoms with Crippen LogP contribution in [0.5, 0.6) is 0 Å². The van der Waals surface area contributed by atoms with Crippen LogP contribution < -0.4 is 18.9 Å². The van der Waals surface area contributed by atoms with Crippen LogP contribution in [0.4, 0.5) is 18.1 Å². The van der Waals surface area contributed by atoms with Crippen molar-refractivity contribution in [3.05, 3.63) is 0 Å². The summed E-state index contributed by atoms with van der Waals surface area (Å²) in [5.41, 5.74) is 0. The molecule has 0 aliphatic heterocycles. The third-order valence-electron chi connectivity index (χ3n) is 0.309. The zero-order valence-corrected chi connectivity index (χ0v) is 15.4. The maximum atomic E-state index is 10.1. The Labute approximate surface area is 164 Å². The van der Waals surface area contributed by atoms with Gasteiger partial charge in [-0.3, -0.25) is 0 Å². The first-order valence-electron chi connectivity index (χ1n) is 3.28. The van der Waals surface area contributed by atoms with Gasteiger partial charge in [0.05, 0.1) is 0 Å². The maximum Gasteiger partial charge on any atom is 3.00 e. The molecule has 0 rings (SSSR count). The molecule has 0 saturated heterocycles. The molecule has 0 fully saturated rings. The number of rotatable bonds is 4. The van der Waals surface area contributed by atoms with Gasteiger partial charge in [-0.15, -0.1) is 0 Å². The van der Waals surface area contributed by atoms with Crippen LogP contribution >= 0.6 is 0 Å². The van der Waals surface area contributed by atoms with Crippen LogP contribution in [0.1, 0.15) is 0 Å². The van der Waals surface area contributed by atoms with Crippen molar-refractivity contribution in [3.63, 3.8) is 0 Å². The van der Waals surface area contributed by atoms with Crippen LogP contribution in [0.15, 0.2) is 0 Å². The summed E-state index contributed by atoms with van der Waals surface area (Å²) in [6.07, 6.45) is 0. The van der Waals surface area contributed by atoms with Crippen molar-refractivity contribution < 1.29 is 123 Å². The minimum Gasteiger partial charge on any atom is -0.724 e. The predicted octanol–water partition coefficient (Wildman–Crippen LogP) is -5.61. The van der Waals surface area contributed by atoms with Gasteiger partial charge in [-0.05, 0) is 18.1 Å². The second-order valence-electron chi connectivity index (χ2n) is 1.88. The molecule has 0 saturated carbocycles. The Bertz CT molecular complexity index is 578. The normalized spacial score (nSPS) is 10.8. The molecule has 0 aliphatic rings. The van der Waals surface area contributed by atoms with E-state index in [2.05, 4.69) is 0 Å². The zero-order valence-electron chi connectivity index (χ0n) is 11.0. The van der Waals surface area contributed by atoms with E-state index in [1.807, 2.05) is 17.6 Å². The molecule has 0 amide bonds. The molecule has 0 aromatic carbocycles. The van der Waals surface area contributed by atoms with E-state index in [4.69, 9.17) is 51.9 Å². The number of hydrogen-bond acceptors (Lipinski definition) is 16. The molecule has 0 heterocycles. The predicted molar refractivity (Wildman–Crippen MR) is 47.6 cm³/mol. The quantitative estimate of drug-likeness (QED) is 0.144. The smallest absolute Gasteiger partial charge is 0.724 e. The van der Waals surface area contributed by atoms with Crippen LogP contribution in [0.2, 0.25) is 0 Å². The fourth-order valence-corrected chi connectivity index (χ4v) is 0. The van der Waals surface area contributed by atoms with Crippen LogP contribution in [-0.4, -0.2) is 51.9 Å². The molecule has 1 radical (unpaired) electrons. The molecule has 0 atom stereocenters. The Morgan fingerprint density at radius 1 is 0.462 bits per heavy atom. The second kappa shape index (κ2) is 18.7. The van der Waals surface area contributed by atoms with Crippen molar-refractivity contribution in [1.29, 1.82) is 0 Å². The topological polar surface area (TPSA) is 266 Å². The van der Waals surface area contributed by atoms with E-state index in [1.54, 1.807) is 0 Å². The monoisotopic (exact) mass is 523 g/mol. The summed E-state index contributed by atoms with van der Waals surface area (Å²) in [6.45, 7) is 0. The van der Waals surface area contributed by atoms with E-state index in [-0.39, 0.29) is 35.9 Å². The van der Waals surface area contributed by atoms with E-state index < -0.39 is 41.6 Å². The van der Waals surface area contributed by atoms with Crippen molar-refractivity contribution in [2.45, 2.75) is 0 Å². The Morgan fingerprint density at radius 3 is 0.500 bits per heavy atom. The van der Waals surface area contributed by atoms with Crippen molar-refractivity contribution >= 4 is 41.6 Å². The van der Waals surface area contributed by atoms with E-state index >= 15 is 0 Å². The fourth-order valence-electron chi connectivity index (χ4n) is 0. The van der Waals surface area contributed by atoms with E-state index in [9.17, 15) is 18.1 Å². The average molecular weight is 523 g/mol. The van der Waals surface area contributed by atoms with Gasteiger partial charge in [0.2, 0.25) is 41.6 Å². The third-order valence-corrected chi connectivity index (χ3v) is 0.926. The summed E-state index contributed by atoms with van der Waals surface area (Å²) >= 11 is 0. The minimum atomic E-state index is -5.08.